The molecule has 0 aliphatic heterocycles. The SMILES string of the molecule is CC/C(=C(/CC)N(C)N)c1cc(F)cc(C(=O)NCCC(=O)OCc2ccccc2)c1. The van der Waals surface area contributed by atoms with Crippen LogP contribution in [0, 0.1) is 5.82 Å². The smallest absolute Gasteiger partial charge is 0.307 e. The number of esters is 1. The summed E-state index contributed by atoms with van der Waals surface area (Å²) in [6.45, 7) is 4.21. The van der Waals surface area contributed by atoms with Crippen molar-refractivity contribution < 1.29 is 18.7 Å². The normalized spacial score (nSPS) is 11.5. The zero-order valence-electron chi connectivity index (χ0n) is 18.3. The third kappa shape index (κ3) is 7.22. The number of hydrazine groups is 1. The van der Waals surface area contributed by atoms with Crippen molar-refractivity contribution in [1.29, 1.82) is 0 Å². The molecule has 0 aliphatic rings. The number of carbonyl (C=O) groups excluding carboxylic acids is 2. The van der Waals surface area contributed by atoms with Crippen molar-refractivity contribution in [3.63, 3.8) is 0 Å². The van der Waals surface area contributed by atoms with Crippen LogP contribution in [0.15, 0.2) is 54.2 Å². The van der Waals surface area contributed by atoms with E-state index < -0.39 is 17.7 Å². The van der Waals surface area contributed by atoms with E-state index in [9.17, 15) is 14.0 Å². The van der Waals surface area contributed by atoms with E-state index in [2.05, 4.69) is 5.32 Å². The highest BCUT2D eigenvalue weighted by molar-refractivity contribution is 5.95. The predicted octanol–water partition coefficient (Wildman–Crippen LogP) is 4.03. The van der Waals surface area contributed by atoms with Gasteiger partial charge in [-0.3, -0.25) is 9.59 Å². The van der Waals surface area contributed by atoms with E-state index >= 15 is 0 Å². The van der Waals surface area contributed by atoms with E-state index in [0.717, 1.165) is 16.8 Å². The zero-order valence-corrected chi connectivity index (χ0v) is 18.3. The van der Waals surface area contributed by atoms with Crippen LogP contribution in [0.1, 0.15) is 54.6 Å². The molecule has 0 spiro atoms. The van der Waals surface area contributed by atoms with Gasteiger partial charge in [0.2, 0.25) is 0 Å². The number of rotatable bonds is 10. The molecule has 0 aromatic heterocycles. The molecule has 3 N–H and O–H groups in total. The fourth-order valence-corrected chi connectivity index (χ4v) is 3.34. The summed E-state index contributed by atoms with van der Waals surface area (Å²) in [6.07, 6.45) is 1.35. The first-order valence-electron chi connectivity index (χ1n) is 10.3. The van der Waals surface area contributed by atoms with Crippen LogP contribution in [-0.4, -0.2) is 30.5 Å². The molecule has 2 aromatic carbocycles. The molecule has 0 unspecified atom stereocenters. The number of hydrogen-bond acceptors (Lipinski definition) is 5. The minimum absolute atomic E-state index is 0.0266. The van der Waals surface area contributed by atoms with Gasteiger partial charge in [-0.25, -0.2) is 10.2 Å². The topological polar surface area (TPSA) is 84.7 Å². The molecule has 0 atom stereocenters. The van der Waals surface area contributed by atoms with E-state index in [1.54, 1.807) is 13.1 Å². The Morgan fingerprint density at radius 1 is 1.06 bits per heavy atom. The van der Waals surface area contributed by atoms with Gasteiger partial charge in [0.25, 0.3) is 5.91 Å². The fourth-order valence-electron chi connectivity index (χ4n) is 3.34. The summed E-state index contributed by atoms with van der Waals surface area (Å²) in [5, 5.41) is 4.17. The quantitative estimate of drug-likeness (QED) is 0.340. The Labute approximate surface area is 182 Å². The molecule has 0 heterocycles. The first-order chi connectivity index (χ1) is 14.8. The van der Waals surface area contributed by atoms with Crippen LogP contribution in [0.4, 0.5) is 4.39 Å². The Balaban J connectivity index is 2.00. The zero-order chi connectivity index (χ0) is 22.8. The summed E-state index contributed by atoms with van der Waals surface area (Å²) in [5.74, 6) is 4.53. The molecule has 0 fully saturated rings. The van der Waals surface area contributed by atoms with Crippen LogP contribution < -0.4 is 11.2 Å². The van der Waals surface area contributed by atoms with Gasteiger partial charge in [-0.1, -0.05) is 44.2 Å². The molecule has 0 saturated carbocycles. The Kier molecular flexibility index (Phi) is 9.21. The summed E-state index contributed by atoms with van der Waals surface area (Å²) in [7, 11) is 1.73. The molecule has 2 rings (SSSR count). The molecular formula is C24H30FN3O3. The number of halogens is 1. The summed E-state index contributed by atoms with van der Waals surface area (Å²) < 4.78 is 19.4. The second-order valence-corrected chi connectivity index (χ2v) is 7.12. The van der Waals surface area contributed by atoms with Gasteiger partial charge in [-0.15, -0.1) is 0 Å². The second kappa shape index (κ2) is 11.9. The summed E-state index contributed by atoms with van der Waals surface area (Å²) >= 11 is 0. The minimum atomic E-state index is -0.508. The first kappa shape index (κ1) is 24.1. The summed E-state index contributed by atoms with van der Waals surface area (Å²) in [4.78, 5) is 24.4. The van der Waals surface area contributed by atoms with Gasteiger partial charge in [0.1, 0.15) is 12.4 Å². The highest BCUT2D eigenvalue weighted by Crippen LogP contribution is 2.26. The van der Waals surface area contributed by atoms with Gasteiger partial charge in [0.15, 0.2) is 0 Å². The van der Waals surface area contributed by atoms with E-state index in [1.807, 2.05) is 44.2 Å². The lowest BCUT2D eigenvalue weighted by atomic mass is 9.97. The van der Waals surface area contributed by atoms with Crippen LogP contribution >= 0.6 is 0 Å². The van der Waals surface area contributed by atoms with Crippen molar-refractivity contribution in [2.24, 2.45) is 5.84 Å². The predicted molar refractivity (Wildman–Crippen MR) is 119 cm³/mol. The molecule has 2 aromatic rings. The fraction of sp³-hybridized carbons (Fsp3) is 0.333. The van der Waals surface area contributed by atoms with Gasteiger partial charge < -0.3 is 15.1 Å². The van der Waals surface area contributed by atoms with Crippen molar-refractivity contribution in [2.45, 2.75) is 39.7 Å². The number of nitrogens with one attached hydrogen (secondary N) is 1. The van der Waals surface area contributed by atoms with Crippen molar-refractivity contribution in [3.05, 3.63) is 76.7 Å². The monoisotopic (exact) mass is 427 g/mol. The third-order valence-corrected chi connectivity index (χ3v) is 4.83. The lowest BCUT2D eigenvalue weighted by Gasteiger charge is -2.21. The van der Waals surface area contributed by atoms with Gasteiger partial charge >= 0.3 is 5.97 Å². The van der Waals surface area contributed by atoms with Crippen molar-refractivity contribution in [1.82, 2.24) is 10.3 Å². The largest absolute Gasteiger partial charge is 0.461 e. The Hall–Kier alpha value is -3.19. The maximum Gasteiger partial charge on any atom is 0.307 e. The standard InChI is InChI=1S/C24H30FN3O3/c1-4-21(22(5-2)28(3)26)18-13-19(15-20(25)14-18)24(30)27-12-11-23(29)31-16-17-9-7-6-8-10-17/h6-10,13-15H,4-5,11-12,16,26H2,1-3H3,(H,27,30)/b22-21+. The number of benzene rings is 2. The maximum atomic E-state index is 14.2. The Morgan fingerprint density at radius 3 is 2.35 bits per heavy atom. The Bertz CT molecular complexity index is 927. The number of carbonyl (C=O) groups is 2. The van der Waals surface area contributed by atoms with Crippen LogP contribution in [0.5, 0.6) is 0 Å². The molecule has 1 amide bonds. The highest BCUT2D eigenvalue weighted by atomic mass is 19.1. The van der Waals surface area contributed by atoms with Gasteiger partial charge in [0.05, 0.1) is 6.42 Å². The van der Waals surface area contributed by atoms with E-state index in [1.165, 1.54) is 17.1 Å². The number of nitrogens with zero attached hydrogens (tertiary/aromatic N) is 1. The van der Waals surface area contributed by atoms with E-state index in [4.69, 9.17) is 10.6 Å². The molecule has 7 heteroatoms. The van der Waals surface area contributed by atoms with E-state index in [0.29, 0.717) is 18.4 Å². The van der Waals surface area contributed by atoms with Crippen molar-refractivity contribution in [2.75, 3.05) is 13.6 Å². The van der Waals surface area contributed by atoms with Gasteiger partial charge in [-0.05, 0) is 47.7 Å². The van der Waals surface area contributed by atoms with Crippen LogP contribution in [-0.2, 0) is 16.1 Å². The molecule has 0 aliphatic carbocycles. The van der Waals surface area contributed by atoms with Crippen LogP contribution in [0.2, 0.25) is 0 Å². The minimum Gasteiger partial charge on any atom is -0.461 e. The molecule has 0 radical (unpaired) electrons. The lowest BCUT2D eigenvalue weighted by Crippen LogP contribution is -2.27. The molecule has 0 bridgehead atoms. The number of nitrogens with two attached hydrogens (primary N) is 1. The molecular weight excluding hydrogens is 397 g/mol. The molecule has 31 heavy (non-hydrogen) atoms. The molecule has 6 nitrogen and oxygen atoms in total. The number of allylic oxidation sites excluding steroid dienone is 2. The van der Waals surface area contributed by atoms with Crippen molar-refractivity contribution >= 4 is 17.4 Å². The summed E-state index contributed by atoms with van der Waals surface area (Å²) in [6, 6.07) is 13.6. The van der Waals surface area contributed by atoms with Crippen LogP contribution in [0.3, 0.4) is 0 Å². The average molecular weight is 428 g/mol. The Morgan fingerprint density at radius 2 is 1.74 bits per heavy atom. The van der Waals surface area contributed by atoms with Gasteiger partial charge in [-0.2, -0.15) is 0 Å². The first-order valence-corrected chi connectivity index (χ1v) is 10.3. The number of ether oxygens (including phenoxy) is 1. The average Bonchev–Trinajstić information content (AvgIpc) is 2.75. The molecule has 0 saturated heterocycles. The number of hydrogen-bond donors (Lipinski definition) is 2. The number of amides is 1. The highest BCUT2D eigenvalue weighted by Gasteiger charge is 2.14. The van der Waals surface area contributed by atoms with E-state index in [-0.39, 0.29) is 25.1 Å². The van der Waals surface area contributed by atoms with Gasteiger partial charge in [0, 0.05) is 24.9 Å². The molecule has 166 valence electrons. The second-order valence-electron chi connectivity index (χ2n) is 7.12. The maximum absolute atomic E-state index is 14.2. The summed E-state index contributed by atoms with van der Waals surface area (Å²) in [5.41, 5.74) is 3.45. The van der Waals surface area contributed by atoms with Crippen LogP contribution in [0.25, 0.3) is 5.57 Å². The lowest BCUT2D eigenvalue weighted by molar-refractivity contribution is -0.144. The van der Waals surface area contributed by atoms with Crippen molar-refractivity contribution in [3.8, 4) is 0 Å². The third-order valence-electron chi connectivity index (χ3n) is 4.83.